The van der Waals surface area contributed by atoms with Crippen LogP contribution < -0.4 is 9.80 Å². The maximum atomic E-state index is 14.0. The Hall–Kier alpha value is -2.73. The fraction of sp³-hybridized carbons (Fsp3) is 0.364. The van der Waals surface area contributed by atoms with Crippen LogP contribution in [0.5, 0.6) is 0 Å². The van der Waals surface area contributed by atoms with Gasteiger partial charge in [0.2, 0.25) is 5.91 Å². The van der Waals surface area contributed by atoms with Gasteiger partial charge in [-0.15, -0.1) is 0 Å². The average molecular weight is 381 g/mol. The summed E-state index contributed by atoms with van der Waals surface area (Å²) in [6, 6.07) is 12.0. The molecule has 0 aromatic heterocycles. The van der Waals surface area contributed by atoms with Crippen LogP contribution in [0.1, 0.15) is 17.5 Å². The molecule has 0 saturated carbocycles. The molecule has 0 radical (unpaired) electrons. The number of para-hydroxylation sites is 1. The molecular formula is C22H24FN3O2. The van der Waals surface area contributed by atoms with Crippen molar-refractivity contribution >= 4 is 23.2 Å². The summed E-state index contributed by atoms with van der Waals surface area (Å²) in [6.45, 7) is 6.48. The van der Waals surface area contributed by atoms with Gasteiger partial charge in [0, 0.05) is 26.2 Å². The second-order valence-corrected chi connectivity index (χ2v) is 7.53. The van der Waals surface area contributed by atoms with E-state index in [0.29, 0.717) is 37.6 Å². The highest BCUT2D eigenvalue weighted by molar-refractivity contribution is 6.22. The molecule has 2 aliphatic heterocycles. The average Bonchev–Trinajstić information content (AvgIpc) is 2.99. The Morgan fingerprint density at radius 3 is 2.32 bits per heavy atom. The van der Waals surface area contributed by atoms with Crippen LogP contribution in [-0.4, -0.2) is 48.9 Å². The summed E-state index contributed by atoms with van der Waals surface area (Å²) >= 11 is 0. The number of nitrogens with zero attached hydrogens (tertiary/aromatic N) is 3. The zero-order valence-corrected chi connectivity index (χ0v) is 16.2. The molecule has 0 unspecified atom stereocenters. The van der Waals surface area contributed by atoms with Gasteiger partial charge in [-0.2, -0.15) is 0 Å². The Morgan fingerprint density at radius 2 is 1.64 bits per heavy atom. The van der Waals surface area contributed by atoms with E-state index < -0.39 is 6.04 Å². The third kappa shape index (κ3) is 3.29. The van der Waals surface area contributed by atoms with Crippen LogP contribution in [0.3, 0.4) is 0 Å². The van der Waals surface area contributed by atoms with Crippen LogP contribution in [0.4, 0.5) is 15.8 Å². The van der Waals surface area contributed by atoms with E-state index in [2.05, 4.69) is 4.90 Å². The number of piperazine rings is 1. The van der Waals surface area contributed by atoms with Gasteiger partial charge in [-0.25, -0.2) is 9.29 Å². The lowest BCUT2D eigenvalue weighted by Crippen LogP contribution is -2.52. The van der Waals surface area contributed by atoms with E-state index in [9.17, 15) is 14.0 Å². The molecule has 2 aliphatic rings. The molecule has 2 aromatic carbocycles. The standard InChI is InChI=1S/C22H24FN3O2/c1-15-7-8-17(13-16(15)2)26-21(27)14-20(22(26)28)25-11-9-24(10-12-25)19-6-4-3-5-18(19)23/h3-8,13,20H,9-12,14H2,1-2H3/t20-/m1/s1. The summed E-state index contributed by atoms with van der Waals surface area (Å²) in [6.07, 6.45) is 0.200. The number of benzene rings is 2. The first kappa shape index (κ1) is 18.6. The van der Waals surface area contributed by atoms with Crippen molar-refractivity contribution in [1.82, 2.24) is 4.90 Å². The second kappa shape index (κ2) is 7.36. The molecule has 2 heterocycles. The van der Waals surface area contributed by atoms with Crippen molar-refractivity contribution in [3.63, 3.8) is 0 Å². The van der Waals surface area contributed by atoms with Gasteiger partial charge < -0.3 is 4.90 Å². The molecule has 4 rings (SSSR count). The topological polar surface area (TPSA) is 43.9 Å². The minimum Gasteiger partial charge on any atom is -0.367 e. The molecule has 2 saturated heterocycles. The van der Waals surface area contributed by atoms with Crippen LogP contribution in [0.15, 0.2) is 42.5 Å². The molecule has 2 fully saturated rings. The largest absolute Gasteiger partial charge is 0.367 e. The Morgan fingerprint density at radius 1 is 0.929 bits per heavy atom. The number of amides is 2. The van der Waals surface area contributed by atoms with Crippen molar-refractivity contribution in [2.45, 2.75) is 26.3 Å². The smallest absolute Gasteiger partial charge is 0.251 e. The Kier molecular flexibility index (Phi) is 4.89. The number of carbonyl (C=O) groups is 2. The number of halogens is 1. The van der Waals surface area contributed by atoms with Gasteiger partial charge in [-0.05, 0) is 49.2 Å². The molecule has 5 nitrogen and oxygen atoms in total. The van der Waals surface area contributed by atoms with Crippen LogP contribution in [0.25, 0.3) is 0 Å². The fourth-order valence-corrected chi connectivity index (χ4v) is 4.02. The van der Waals surface area contributed by atoms with E-state index in [-0.39, 0.29) is 24.1 Å². The van der Waals surface area contributed by atoms with E-state index in [4.69, 9.17) is 0 Å². The molecule has 2 amide bonds. The highest BCUT2D eigenvalue weighted by Crippen LogP contribution is 2.28. The maximum Gasteiger partial charge on any atom is 0.251 e. The third-order valence-electron chi connectivity index (χ3n) is 5.82. The minimum absolute atomic E-state index is 0.158. The molecule has 6 heteroatoms. The van der Waals surface area contributed by atoms with E-state index in [1.807, 2.05) is 43.0 Å². The highest BCUT2D eigenvalue weighted by Gasteiger charge is 2.43. The number of carbonyl (C=O) groups excluding carboxylic acids is 2. The lowest BCUT2D eigenvalue weighted by Gasteiger charge is -2.38. The number of hydrogen-bond donors (Lipinski definition) is 0. The SMILES string of the molecule is Cc1ccc(N2C(=O)C[C@@H](N3CCN(c4ccccc4F)CC3)C2=O)cc1C. The number of aryl methyl sites for hydroxylation is 2. The van der Waals surface area contributed by atoms with E-state index in [1.165, 1.54) is 11.0 Å². The lowest BCUT2D eigenvalue weighted by molar-refractivity contribution is -0.123. The van der Waals surface area contributed by atoms with Crippen LogP contribution in [0.2, 0.25) is 0 Å². The van der Waals surface area contributed by atoms with E-state index in [0.717, 1.165) is 11.1 Å². The molecule has 0 spiro atoms. The van der Waals surface area contributed by atoms with Gasteiger partial charge in [0.25, 0.3) is 5.91 Å². The van der Waals surface area contributed by atoms with Crippen molar-refractivity contribution in [3.05, 3.63) is 59.4 Å². The highest BCUT2D eigenvalue weighted by atomic mass is 19.1. The lowest BCUT2D eigenvalue weighted by atomic mass is 10.1. The van der Waals surface area contributed by atoms with E-state index in [1.54, 1.807) is 12.1 Å². The monoisotopic (exact) mass is 381 g/mol. The summed E-state index contributed by atoms with van der Waals surface area (Å²) in [5, 5.41) is 0. The second-order valence-electron chi connectivity index (χ2n) is 7.53. The normalized spacial score (nSPS) is 20.9. The Labute approximate surface area is 164 Å². The maximum absolute atomic E-state index is 14.0. The van der Waals surface area contributed by atoms with Crippen molar-refractivity contribution in [2.75, 3.05) is 36.0 Å². The zero-order valence-electron chi connectivity index (χ0n) is 16.2. The van der Waals surface area contributed by atoms with Crippen molar-refractivity contribution < 1.29 is 14.0 Å². The Balaban J connectivity index is 1.46. The minimum atomic E-state index is -0.433. The van der Waals surface area contributed by atoms with Gasteiger partial charge in [0.15, 0.2) is 0 Å². The molecule has 2 aromatic rings. The van der Waals surface area contributed by atoms with E-state index >= 15 is 0 Å². The zero-order chi connectivity index (χ0) is 19.8. The molecule has 28 heavy (non-hydrogen) atoms. The first-order chi connectivity index (χ1) is 13.5. The molecule has 0 bridgehead atoms. The fourth-order valence-electron chi connectivity index (χ4n) is 4.02. The third-order valence-corrected chi connectivity index (χ3v) is 5.82. The Bertz CT molecular complexity index is 922. The summed E-state index contributed by atoms with van der Waals surface area (Å²) in [4.78, 5) is 31.0. The van der Waals surface area contributed by atoms with Gasteiger partial charge in [-0.1, -0.05) is 18.2 Å². The summed E-state index contributed by atoms with van der Waals surface area (Å²) in [7, 11) is 0. The molecular weight excluding hydrogens is 357 g/mol. The number of rotatable bonds is 3. The van der Waals surface area contributed by atoms with Gasteiger partial charge >= 0.3 is 0 Å². The molecule has 146 valence electrons. The number of hydrogen-bond acceptors (Lipinski definition) is 4. The van der Waals surface area contributed by atoms with Crippen molar-refractivity contribution in [3.8, 4) is 0 Å². The number of anilines is 2. The summed E-state index contributed by atoms with van der Waals surface area (Å²) in [5.41, 5.74) is 3.42. The van der Waals surface area contributed by atoms with Crippen LogP contribution >= 0.6 is 0 Å². The number of imide groups is 1. The van der Waals surface area contributed by atoms with Gasteiger partial charge in [-0.3, -0.25) is 14.5 Å². The predicted octanol–water partition coefficient (Wildman–Crippen LogP) is 2.90. The first-order valence-corrected chi connectivity index (χ1v) is 9.63. The predicted molar refractivity (Wildman–Crippen MR) is 107 cm³/mol. The van der Waals surface area contributed by atoms with Crippen LogP contribution in [-0.2, 0) is 9.59 Å². The summed E-state index contributed by atoms with van der Waals surface area (Å²) in [5.74, 6) is -0.550. The van der Waals surface area contributed by atoms with Crippen molar-refractivity contribution in [2.24, 2.45) is 0 Å². The quantitative estimate of drug-likeness (QED) is 0.767. The first-order valence-electron chi connectivity index (χ1n) is 9.63. The van der Waals surface area contributed by atoms with Gasteiger partial charge in [0.05, 0.1) is 23.8 Å². The van der Waals surface area contributed by atoms with Gasteiger partial charge in [0.1, 0.15) is 5.82 Å². The molecule has 1 atom stereocenters. The summed E-state index contributed by atoms with van der Waals surface area (Å²) < 4.78 is 14.0. The molecule has 0 N–H and O–H groups in total. The van der Waals surface area contributed by atoms with Crippen LogP contribution in [0, 0.1) is 19.7 Å². The van der Waals surface area contributed by atoms with Crippen molar-refractivity contribution in [1.29, 1.82) is 0 Å². The molecule has 0 aliphatic carbocycles.